The van der Waals surface area contributed by atoms with Crippen LogP contribution in [0.4, 0.5) is 0 Å². The Labute approximate surface area is 139 Å². The average molecular weight is 349 g/mol. The third-order valence-electron chi connectivity index (χ3n) is 4.86. The second-order valence-corrected chi connectivity index (χ2v) is 8.74. The molecule has 2 aliphatic heterocycles. The summed E-state index contributed by atoms with van der Waals surface area (Å²) in [7, 11) is -3.42. The van der Waals surface area contributed by atoms with E-state index in [-0.39, 0.29) is 22.5 Å². The summed E-state index contributed by atoms with van der Waals surface area (Å²) in [5.74, 6) is 0.384. The molecular formula is C16H19N3O4S. The normalized spacial score (nSPS) is 26.6. The molecule has 2 bridgehead atoms. The lowest BCUT2D eigenvalue weighted by atomic mass is 9.97. The van der Waals surface area contributed by atoms with Crippen molar-refractivity contribution in [1.29, 1.82) is 0 Å². The van der Waals surface area contributed by atoms with Gasteiger partial charge in [0.2, 0.25) is 0 Å². The fourth-order valence-corrected chi connectivity index (χ4v) is 4.53. The molecule has 4 heterocycles. The van der Waals surface area contributed by atoms with E-state index in [4.69, 9.17) is 4.42 Å². The maximum absolute atomic E-state index is 12.5. The Kier molecular flexibility index (Phi) is 3.61. The number of rotatable bonds is 3. The van der Waals surface area contributed by atoms with Crippen molar-refractivity contribution in [1.82, 2.24) is 15.2 Å². The summed E-state index contributed by atoms with van der Waals surface area (Å²) < 4.78 is 28.8. The zero-order valence-corrected chi connectivity index (χ0v) is 14.2. The molecule has 2 fully saturated rings. The smallest absolute Gasteiger partial charge is 0.270 e. The van der Waals surface area contributed by atoms with E-state index in [1.165, 1.54) is 24.9 Å². The van der Waals surface area contributed by atoms with Crippen molar-refractivity contribution in [2.75, 3.05) is 25.9 Å². The molecule has 128 valence electrons. The molecule has 1 unspecified atom stereocenters. The molecule has 1 N–H and O–H groups in total. The van der Waals surface area contributed by atoms with Gasteiger partial charge in [-0.1, -0.05) is 0 Å². The van der Waals surface area contributed by atoms with Crippen LogP contribution in [-0.4, -0.2) is 56.1 Å². The molecule has 8 heteroatoms. The number of nitrogens with zero attached hydrogens (tertiary/aromatic N) is 2. The summed E-state index contributed by atoms with van der Waals surface area (Å²) in [5.41, 5.74) is 0.565. The maximum Gasteiger partial charge on any atom is 0.270 e. The molecule has 2 aromatic heterocycles. The zero-order valence-electron chi connectivity index (χ0n) is 13.4. The van der Waals surface area contributed by atoms with Crippen molar-refractivity contribution in [2.45, 2.75) is 23.8 Å². The molecule has 0 spiro atoms. The molecule has 0 radical (unpaired) electrons. The largest absolute Gasteiger partial charge is 0.461 e. The van der Waals surface area contributed by atoms with Crippen molar-refractivity contribution in [2.24, 2.45) is 5.92 Å². The number of aromatic nitrogens is 1. The number of carbonyl (C=O) groups excluding carboxylic acids is 1. The third kappa shape index (κ3) is 2.80. The second kappa shape index (κ2) is 5.56. The van der Waals surface area contributed by atoms with E-state index in [0.717, 1.165) is 32.3 Å². The predicted molar refractivity (Wildman–Crippen MR) is 87.5 cm³/mol. The van der Waals surface area contributed by atoms with Crippen molar-refractivity contribution < 1.29 is 17.6 Å². The van der Waals surface area contributed by atoms with Gasteiger partial charge in [0, 0.05) is 30.8 Å². The minimum atomic E-state index is -3.42. The molecule has 4 rings (SSSR count). The predicted octanol–water partition coefficient (Wildman–Crippen LogP) is 1.06. The fraction of sp³-hybridized carbons (Fsp3) is 0.500. The lowest BCUT2D eigenvalue weighted by Crippen LogP contribution is -2.47. The van der Waals surface area contributed by atoms with E-state index >= 15 is 0 Å². The molecule has 7 nitrogen and oxygen atoms in total. The topological polar surface area (TPSA) is 92.5 Å². The van der Waals surface area contributed by atoms with Crippen LogP contribution in [0.3, 0.4) is 0 Å². The van der Waals surface area contributed by atoms with Gasteiger partial charge < -0.3 is 14.6 Å². The van der Waals surface area contributed by atoms with Crippen LogP contribution in [0.5, 0.6) is 0 Å². The van der Waals surface area contributed by atoms with E-state index in [0.29, 0.717) is 16.9 Å². The quantitative estimate of drug-likeness (QED) is 0.891. The average Bonchev–Trinajstić information content (AvgIpc) is 3.09. The second-order valence-electron chi connectivity index (χ2n) is 6.76. The number of hydrogen-bond acceptors (Lipinski definition) is 6. The molecule has 24 heavy (non-hydrogen) atoms. The zero-order chi connectivity index (χ0) is 16.9. The SMILES string of the molecule is CS(=O)(=O)c1coc2cnc(C(=O)N[C@@H]3C[C@@H]4CCN(C4)C3)cc12. The minimum Gasteiger partial charge on any atom is -0.461 e. The number of amides is 1. The number of furan rings is 1. The van der Waals surface area contributed by atoms with E-state index in [9.17, 15) is 13.2 Å². The summed E-state index contributed by atoms with van der Waals surface area (Å²) in [6, 6.07) is 1.61. The number of fused-ring (bicyclic) bond motifs is 3. The van der Waals surface area contributed by atoms with Gasteiger partial charge in [0.05, 0.1) is 6.20 Å². The van der Waals surface area contributed by atoms with E-state index in [1.54, 1.807) is 0 Å². The van der Waals surface area contributed by atoms with Gasteiger partial charge in [-0.15, -0.1) is 0 Å². The van der Waals surface area contributed by atoms with Gasteiger partial charge in [-0.25, -0.2) is 13.4 Å². The highest BCUT2D eigenvalue weighted by Gasteiger charge is 2.33. The van der Waals surface area contributed by atoms with Crippen LogP contribution >= 0.6 is 0 Å². The van der Waals surface area contributed by atoms with Gasteiger partial charge in [-0.05, 0) is 31.4 Å². The summed E-state index contributed by atoms with van der Waals surface area (Å²) in [6.45, 7) is 3.10. The van der Waals surface area contributed by atoms with Gasteiger partial charge in [0.25, 0.3) is 5.91 Å². The van der Waals surface area contributed by atoms with Crippen LogP contribution in [-0.2, 0) is 9.84 Å². The molecular weight excluding hydrogens is 330 g/mol. The highest BCUT2D eigenvalue weighted by Crippen LogP contribution is 2.27. The summed E-state index contributed by atoms with van der Waals surface area (Å²) in [4.78, 5) is 19.1. The first-order chi connectivity index (χ1) is 11.4. The molecule has 0 saturated carbocycles. The molecule has 0 aliphatic carbocycles. The lowest BCUT2D eigenvalue weighted by Gasteiger charge is -2.30. The summed E-state index contributed by atoms with van der Waals surface area (Å²) in [6.07, 6.45) is 5.89. The Balaban J connectivity index is 1.58. The van der Waals surface area contributed by atoms with Crippen molar-refractivity contribution in [3.8, 4) is 0 Å². The van der Waals surface area contributed by atoms with Gasteiger partial charge in [-0.3, -0.25) is 4.79 Å². The maximum atomic E-state index is 12.5. The molecule has 2 aliphatic rings. The third-order valence-corrected chi connectivity index (χ3v) is 5.97. The molecule has 2 aromatic rings. The van der Waals surface area contributed by atoms with E-state index in [1.807, 2.05) is 0 Å². The number of sulfone groups is 1. The van der Waals surface area contributed by atoms with Crippen molar-refractivity contribution >= 4 is 26.7 Å². The summed E-state index contributed by atoms with van der Waals surface area (Å²) >= 11 is 0. The number of carbonyl (C=O) groups is 1. The Hall–Kier alpha value is -1.93. The van der Waals surface area contributed by atoms with Crippen LogP contribution in [0.15, 0.2) is 27.8 Å². The minimum absolute atomic E-state index is 0.0794. The monoisotopic (exact) mass is 349 g/mol. The van der Waals surface area contributed by atoms with E-state index in [2.05, 4.69) is 15.2 Å². The van der Waals surface area contributed by atoms with Crippen LogP contribution < -0.4 is 5.32 Å². The van der Waals surface area contributed by atoms with Gasteiger partial charge in [0.15, 0.2) is 15.4 Å². The lowest BCUT2D eigenvalue weighted by molar-refractivity contribution is 0.0904. The van der Waals surface area contributed by atoms with Crippen molar-refractivity contribution in [3.63, 3.8) is 0 Å². The van der Waals surface area contributed by atoms with E-state index < -0.39 is 9.84 Å². The Morgan fingerprint density at radius 1 is 1.42 bits per heavy atom. The first-order valence-electron chi connectivity index (χ1n) is 8.00. The van der Waals surface area contributed by atoms with Gasteiger partial charge >= 0.3 is 0 Å². The molecule has 1 amide bonds. The molecule has 3 atom stereocenters. The molecule has 2 saturated heterocycles. The number of piperidine rings is 1. The molecule has 0 aromatic carbocycles. The highest BCUT2D eigenvalue weighted by atomic mass is 32.2. The van der Waals surface area contributed by atoms with Crippen LogP contribution in [0, 0.1) is 5.92 Å². The fourth-order valence-electron chi connectivity index (χ4n) is 3.74. The first kappa shape index (κ1) is 15.6. The highest BCUT2D eigenvalue weighted by molar-refractivity contribution is 7.91. The first-order valence-corrected chi connectivity index (χ1v) is 9.90. The van der Waals surface area contributed by atoms with Crippen LogP contribution in [0.2, 0.25) is 0 Å². The number of pyridine rings is 1. The van der Waals surface area contributed by atoms with Crippen LogP contribution in [0.25, 0.3) is 11.0 Å². The van der Waals surface area contributed by atoms with Gasteiger partial charge in [0.1, 0.15) is 16.9 Å². The number of nitrogens with one attached hydrogen (secondary N) is 1. The summed E-state index contributed by atoms with van der Waals surface area (Å²) in [5, 5.41) is 3.42. The van der Waals surface area contributed by atoms with Crippen molar-refractivity contribution in [3.05, 3.63) is 24.2 Å². The Morgan fingerprint density at radius 3 is 3.00 bits per heavy atom. The Morgan fingerprint density at radius 2 is 2.25 bits per heavy atom. The van der Waals surface area contributed by atoms with Gasteiger partial charge in [-0.2, -0.15) is 0 Å². The number of hydrogen-bond donors (Lipinski definition) is 1. The van der Waals surface area contributed by atoms with Crippen LogP contribution in [0.1, 0.15) is 23.3 Å². The Bertz CT molecular complexity index is 893. The standard InChI is InChI=1S/C16H19N3O4S/c1-24(21,22)15-9-23-14-6-17-13(5-12(14)15)16(20)18-11-4-10-2-3-19(7-10)8-11/h5-6,9-11H,2-4,7-8H2,1H3,(H,18,20)/t10-,11+/m0/s1.